The van der Waals surface area contributed by atoms with E-state index in [4.69, 9.17) is 20.4 Å². The summed E-state index contributed by atoms with van der Waals surface area (Å²) < 4.78 is 0. The van der Waals surface area contributed by atoms with E-state index >= 15 is 0 Å². The molecule has 0 aromatic carbocycles. The number of rotatable bonds is 1. The Morgan fingerprint density at radius 3 is 2.00 bits per heavy atom. The first kappa shape index (κ1) is 9.85. The van der Waals surface area contributed by atoms with Crippen molar-refractivity contribution in [2.45, 2.75) is 30.6 Å². The van der Waals surface area contributed by atoms with Gasteiger partial charge in [-0.25, -0.2) is 0 Å². The van der Waals surface area contributed by atoms with E-state index in [0.29, 0.717) is 0 Å². The van der Waals surface area contributed by atoms with Crippen molar-refractivity contribution >= 4 is 0 Å². The van der Waals surface area contributed by atoms with Crippen LogP contribution < -0.4 is 5.32 Å². The summed E-state index contributed by atoms with van der Waals surface area (Å²) >= 11 is 0. The van der Waals surface area contributed by atoms with E-state index in [-0.39, 0.29) is 0 Å². The molecular weight excluding hydrogens is 166 g/mol. The number of aliphatic hydroxyl groups is 5. The van der Waals surface area contributed by atoms with Crippen LogP contribution in [0.25, 0.3) is 0 Å². The third kappa shape index (κ3) is 1.58. The van der Waals surface area contributed by atoms with Gasteiger partial charge in [0, 0.05) is 0 Å². The highest BCUT2D eigenvalue weighted by Gasteiger charge is 2.40. The van der Waals surface area contributed by atoms with Gasteiger partial charge in [-0.2, -0.15) is 0 Å². The van der Waals surface area contributed by atoms with Crippen molar-refractivity contribution in [2.75, 3.05) is 6.61 Å². The van der Waals surface area contributed by atoms with E-state index in [1.807, 2.05) is 0 Å². The normalized spacial score (nSPS) is 49.2. The molecule has 0 aromatic rings. The molecule has 6 nitrogen and oxygen atoms in total. The molecule has 0 spiro atoms. The van der Waals surface area contributed by atoms with Crippen LogP contribution in [0.5, 0.6) is 0 Å². The Hall–Kier alpha value is -0.240. The Bertz CT molecular complexity index is 150. The maximum atomic E-state index is 9.18. The fourth-order valence-corrected chi connectivity index (χ4v) is 1.20. The molecule has 0 bridgehead atoms. The lowest BCUT2D eigenvalue weighted by atomic mass is 9.95. The first-order chi connectivity index (χ1) is 5.57. The Kier molecular flexibility index (Phi) is 2.99. The van der Waals surface area contributed by atoms with Crippen molar-refractivity contribution in [2.24, 2.45) is 0 Å². The second-order valence-corrected chi connectivity index (χ2v) is 2.87. The van der Waals surface area contributed by atoms with Gasteiger partial charge in [0.05, 0.1) is 12.6 Å². The van der Waals surface area contributed by atoms with Crippen molar-refractivity contribution in [3.05, 3.63) is 0 Å². The number of piperidine rings is 1. The molecule has 0 amide bonds. The highest BCUT2D eigenvalue weighted by atomic mass is 16.4. The monoisotopic (exact) mass is 179 g/mol. The van der Waals surface area contributed by atoms with Crippen LogP contribution in [-0.4, -0.2) is 62.7 Å². The molecule has 0 radical (unpaired) electrons. The molecule has 1 fully saturated rings. The molecule has 1 aliphatic heterocycles. The zero-order chi connectivity index (χ0) is 9.30. The van der Waals surface area contributed by atoms with Gasteiger partial charge in [-0.15, -0.1) is 0 Å². The van der Waals surface area contributed by atoms with E-state index in [2.05, 4.69) is 5.32 Å². The molecule has 1 rings (SSSR count). The van der Waals surface area contributed by atoms with Crippen molar-refractivity contribution in [3.8, 4) is 0 Å². The lowest BCUT2D eigenvalue weighted by molar-refractivity contribution is -0.161. The lowest BCUT2D eigenvalue weighted by Crippen LogP contribution is -2.65. The zero-order valence-corrected chi connectivity index (χ0v) is 6.33. The molecule has 6 heteroatoms. The van der Waals surface area contributed by atoms with E-state index in [9.17, 15) is 5.11 Å². The highest BCUT2D eigenvalue weighted by Crippen LogP contribution is 2.13. The quantitative estimate of drug-likeness (QED) is 0.247. The average Bonchev–Trinajstić information content (AvgIpc) is 2.08. The molecule has 1 saturated heterocycles. The topological polar surface area (TPSA) is 113 Å². The van der Waals surface area contributed by atoms with Gasteiger partial charge in [0.15, 0.2) is 0 Å². The fraction of sp³-hybridized carbons (Fsp3) is 1.00. The molecule has 0 unspecified atom stereocenters. The van der Waals surface area contributed by atoms with Crippen LogP contribution in [0.2, 0.25) is 0 Å². The van der Waals surface area contributed by atoms with Gasteiger partial charge in [-0.05, 0) is 0 Å². The van der Waals surface area contributed by atoms with E-state index in [0.717, 1.165) is 0 Å². The van der Waals surface area contributed by atoms with Crippen molar-refractivity contribution < 1.29 is 25.5 Å². The highest BCUT2D eigenvalue weighted by molar-refractivity contribution is 4.93. The Labute approximate surface area is 69.1 Å². The van der Waals surface area contributed by atoms with E-state index in [1.54, 1.807) is 0 Å². The molecule has 5 atom stereocenters. The molecule has 0 saturated carbocycles. The summed E-state index contributed by atoms with van der Waals surface area (Å²) in [6, 6.07) is -0.807. The zero-order valence-electron chi connectivity index (χ0n) is 6.33. The van der Waals surface area contributed by atoms with Crippen LogP contribution in [-0.2, 0) is 0 Å². The van der Waals surface area contributed by atoms with Crippen LogP contribution >= 0.6 is 0 Å². The lowest BCUT2D eigenvalue weighted by Gasteiger charge is -2.38. The number of nitrogens with one attached hydrogen (secondary N) is 1. The van der Waals surface area contributed by atoms with Crippen molar-refractivity contribution in [1.29, 1.82) is 0 Å². The molecule has 1 heterocycles. The SMILES string of the molecule is OC[C@H]1N[C@H](O)[C@@H](O)[C@@H](O)[C@@H]1O. The van der Waals surface area contributed by atoms with Crippen LogP contribution in [0.3, 0.4) is 0 Å². The minimum atomic E-state index is -1.43. The predicted octanol–water partition coefficient (Wildman–Crippen LogP) is -3.65. The van der Waals surface area contributed by atoms with Gasteiger partial charge in [0.2, 0.25) is 0 Å². The molecule has 1 aliphatic rings. The van der Waals surface area contributed by atoms with Gasteiger partial charge in [0.1, 0.15) is 24.5 Å². The van der Waals surface area contributed by atoms with Gasteiger partial charge in [-0.3, -0.25) is 5.32 Å². The number of hydrogen-bond acceptors (Lipinski definition) is 6. The smallest absolute Gasteiger partial charge is 0.134 e. The molecule has 6 N–H and O–H groups in total. The van der Waals surface area contributed by atoms with E-state index in [1.165, 1.54) is 0 Å². The molecule has 72 valence electrons. The van der Waals surface area contributed by atoms with Crippen LogP contribution in [0, 0.1) is 0 Å². The number of aliphatic hydroxyl groups excluding tert-OH is 5. The summed E-state index contributed by atoms with van der Waals surface area (Å²) in [5.41, 5.74) is 0. The van der Waals surface area contributed by atoms with Crippen LogP contribution in [0.15, 0.2) is 0 Å². The summed E-state index contributed by atoms with van der Waals surface area (Å²) in [6.45, 7) is -0.415. The maximum absolute atomic E-state index is 9.18. The summed E-state index contributed by atoms with van der Waals surface area (Å²) in [6.07, 6.45) is -5.45. The fourth-order valence-electron chi connectivity index (χ4n) is 1.20. The summed E-state index contributed by atoms with van der Waals surface area (Å²) in [7, 11) is 0. The Morgan fingerprint density at radius 1 is 0.917 bits per heavy atom. The minimum absolute atomic E-state index is 0.415. The van der Waals surface area contributed by atoms with Crippen LogP contribution in [0.4, 0.5) is 0 Å². The van der Waals surface area contributed by atoms with Crippen molar-refractivity contribution in [3.63, 3.8) is 0 Å². The summed E-state index contributed by atoms with van der Waals surface area (Å²) in [5, 5.41) is 47.3. The third-order valence-corrected chi connectivity index (χ3v) is 2.02. The second kappa shape index (κ2) is 3.65. The van der Waals surface area contributed by atoms with Gasteiger partial charge in [-0.1, -0.05) is 0 Å². The van der Waals surface area contributed by atoms with Crippen molar-refractivity contribution in [1.82, 2.24) is 5.32 Å². The largest absolute Gasteiger partial charge is 0.395 e. The predicted molar refractivity (Wildman–Crippen MR) is 38.0 cm³/mol. The standard InChI is InChI=1S/C6H13NO5/c8-1-2-3(9)4(10)5(11)6(12)7-2/h2-12H,1H2/t2-,3-,4+,5+,6-/m1/s1. The molecule has 0 aliphatic carbocycles. The first-order valence-electron chi connectivity index (χ1n) is 3.67. The molecule has 12 heavy (non-hydrogen) atoms. The molecular formula is C6H13NO5. The second-order valence-electron chi connectivity index (χ2n) is 2.87. The molecule has 0 aromatic heterocycles. The summed E-state index contributed by atoms with van der Waals surface area (Å²) in [4.78, 5) is 0. The minimum Gasteiger partial charge on any atom is -0.395 e. The first-order valence-corrected chi connectivity index (χ1v) is 3.67. The van der Waals surface area contributed by atoms with Gasteiger partial charge < -0.3 is 25.5 Å². The number of hydrogen-bond donors (Lipinski definition) is 6. The van der Waals surface area contributed by atoms with Crippen LogP contribution in [0.1, 0.15) is 0 Å². The maximum Gasteiger partial charge on any atom is 0.134 e. The average molecular weight is 179 g/mol. The van der Waals surface area contributed by atoms with Gasteiger partial charge in [0.25, 0.3) is 0 Å². The summed E-state index contributed by atoms with van der Waals surface area (Å²) in [5.74, 6) is 0. The third-order valence-electron chi connectivity index (χ3n) is 2.02. The van der Waals surface area contributed by atoms with Gasteiger partial charge >= 0.3 is 0 Å². The Balaban J connectivity index is 2.63. The van der Waals surface area contributed by atoms with E-state index < -0.39 is 37.2 Å². The Morgan fingerprint density at radius 2 is 1.50 bits per heavy atom.